The molecule has 0 aliphatic carbocycles. The van der Waals surface area contributed by atoms with E-state index in [1.807, 2.05) is 0 Å². The smallest absolute Gasteiger partial charge is 0.0564 e. The third kappa shape index (κ3) is 3.15. The number of aryl methyl sites for hydroxylation is 1. The molecule has 0 amide bonds. The van der Waals surface area contributed by atoms with E-state index in [1.54, 1.807) is 0 Å². The molecule has 1 rings (SSSR count). The zero-order valence-electron chi connectivity index (χ0n) is 12.1. The van der Waals surface area contributed by atoms with Crippen molar-refractivity contribution in [2.75, 3.05) is 28.7 Å². The summed E-state index contributed by atoms with van der Waals surface area (Å²) in [6.07, 6.45) is 9.10. The summed E-state index contributed by atoms with van der Waals surface area (Å²) in [7, 11) is -2.07. The first kappa shape index (κ1) is 15.3. The van der Waals surface area contributed by atoms with Crippen LogP contribution in [0.5, 0.6) is 0 Å². The van der Waals surface area contributed by atoms with Gasteiger partial charge in [-0.3, -0.25) is 3.71 Å². The first-order valence-electron chi connectivity index (χ1n) is 5.83. The Bertz CT molecular complexity index is 412. The van der Waals surface area contributed by atoms with Gasteiger partial charge in [-0.05, 0) is 54.9 Å². The normalized spacial score (nSPS) is 13.8. The van der Waals surface area contributed by atoms with Gasteiger partial charge >= 0.3 is 0 Å². The number of rotatable bonds is 5. The molecule has 0 atom stereocenters. The quantitative estimate of drug-likeness (QED) is 0.731. The predicted octanol–water partition coefficient (Wildman–Crippen LogP) is 5.05. The third-order valence-corrected chi connectivity index (χ3v) is 8.98. The molecule has 1 aromatic rings. The van der Waals surface area contributed by atoms with Gasteiger partial charge < -0.3 is 0 Å². The number of benzene rings is 1. The van der Waals surface area contributed by atoms with Gasteiger partial charge in [0.15, 0.2) is 0 Å². The Morgan fingerprint density at radius 1 is 0.889 bits per heavy atom. The molecule has 0 N–H and O–H groups in total. The van der Waals surface area contributed by atoms with Crippen LogP contribution in [0.2, 0.25) is 0 Å². The molecule has 0 saturated heterocycles. The summed E-state index contributed by atoms with van der Waals surface area (Å²) in [5, 5.41) is 4.18. The summed E-state index contributed by atoms with van der Waals surface area (Å²) in [6.45, 7) is 10.2. The van der Waals surface area contributed by atoms with Crippen LogP contribution < -0.4 is 3.71 Å². The zero-order valence-corrected chi connectivity index (χ0v) is 13.8. The van der Waals surface area contributed by atoms with Crippen LogP contribution in [0.15, 0.2) is 48.2 Å². The van der Waals surface area contributed by atoms with Crippen LogP contribution in [0.4, 0.5) is 5.69 Å². The lowest BCUT2D eigenvalue weighted by Crippen LogP contribution is -2.26. The minimum absolute atomic E-state index is 1.03. The molecular weight excluding hydrogens is 258 g/mol. The van der Waals surface area contributed by atoms with Crippen LogP contribution >= 0.6 is 20.4 Å². The molecule has 0 radical (unpaired) electrons. The Balaban J connectivity index is 3.34. The summed E-state index contributed by atoms with van der Waals surface area (Å²) in [5.74, 6) is 0. The lowest BCUT2D eigenvalue weighted by atomic mass is 10.2. The molecule has 0 aliphatic rings. The maximum atomic E-state index is 4.02. The molecule has 3 heteroatoms. The van der Waals surface area contributed by atoms with E-state index in [4.69, 9.17) is 0 Å². The molecule has 102 valence electrons. The van der Waals surface area contributed by atoms with Gasteiger partial charge in [-0.15, -0.1) is 20.4 Å². The second kappa shape index (κ2) is 5.45. The van der Waals surface area contributed by atoms with Gasteiger partial charge in [0.1, 0.15) is 0 Å². The molecule has 1 aromatic carbocycles. The van der Waals surface area contributed by atoms with E-state index in [9.17, 15) is 0 Å². The van der Waals surface area contributed by atoms with Crippen LogP contribution in [-0.2, 0) is 0 Å². The summed E-state index contributed by atoms with van der Waals surface area (Å²) in [5.41, 5.74) is 2.55. The van der Waals surface area contributed by atoms with Crippen molar-refractivity contribution >= 4 is 26.1 Å². The van der Waals surface area contributed by atoms with Gasteiger partial charge in [-0.1, -0.05) is 30.9 Å². The summed E-state index contributed by atoms with van der Waals surface area (Å²) in [4.78, 5) is 0. The van der Waals surface area contributed by atoms with E-state index in [2.05, 4.69) is 83.9 Å². The minimum Gasteiger partial charge on any atom is -0.291 e. The van der Waals surface area contributed by atoms with Crippen molar-refractivity contribution in [3.63, 3.8) is 0 Å². The molecule has 0 aliphatic heterocycles. The molecule has 0 unspecified atom stereocenters. The molecule has 0 heterocycles. The summed E-state index contributed by atoms with van der Waals surface area (Å²) >= 11 is 0. The first-order valence-corrected chi connectivity index (χ1v) is 10.8. The lowest BCUT2D eigenvalue weighted by Gasteiger charge is -2.53. The SMILES string of the molecule is C=CS(C)(C)N(c1ccc(C)cc1)S(C)(C)C=C. The van der Waals surface area contributed by atoms with Crippen molar-refractivity contribution in [3.8, 4) is 0 Å². The van der Waals surface area contributed by atoms with Crippen molar-refractivity contribution in [1.82, 2.24) is 0 Å². The molecule has 18 heavy (non-hydrogen) atoms. The van der Waals surface area contributed by atoms with E-state index in [0.29, 0.717) is 0 Å². The van der Waals surface area contributed by atoms with Crippen molar-refractivity contribution in [1.29, 1.82) is 0 Å². The Morgan fingerprint density at radius 3 is 1.61 bits per heavy atom. The summed E-state index contributed by atoms with van der Waals surface area (Å²) in [6, 6.07) is 8.73. The predicted molar refractivity (Wildman–Crippen MR) is 92.9 cm³/mol. The lowest BCUT2D eigenvalue weighted by molar-refractivity contribution is 1.45. The number of hydrogen-bond acceptors (Lipinski definition) is 1. The average Bonchev–Trinajstić information content (AvgIpc) is 2.31. The van der Waals surface area contributed by atoms with Gasteiger partial charge in [-0.2, -0.15) is 0 Å². The maximum Gasteiger partial charge on any atom is 0.0564 e. The highest BCUT2D eigenvalue weighted by Crippen LogP contribution is 2.63. The fraction of sp³-hybridized carbons (Fsp3) is 0.333. The van der Waals surface area contributed by atoms with Gasteiger partial charge in [0.05, 0.1) is 5.69 Å². The minimum atomic E-state index is -1.03. The van der Waals surface area contributed by atoms with Crippen molar-refractivity contribution in [3.05, 3.63) is 53.8 Å². The molecule has 1 nitrogen and oxygen atoms in total. The highest BCUT2D eigenvalue weighted by molar-refractivity contribution is 8.51. The Morgan fingerprint density at radius 2 is 1.28 bits per heavy atom. The second-order valence-electron chi connectivity index (χ2n) is 5.13. The number of anilines is 1. The molecule has 0 saturated carbocycles. The van der Waals surface area contributed by atoms with Crippen molar-refractivity contribution in [2.24, 2.45) is 0 Å². The van der Waals surface area contributed by atoms with E-state index in [-0.39, 0.29) is 0 Å². The topological polar surface area (TPSA) is 3.24 Å². The molecular formula is C15H25NS2. The third-order valence-electron chi connectivity index (χ3n) is 2.92. The molecule has 0 spiro atoms. The monoisotopic (exact) mass is 283 g/mol. The van der Waals surface area contributed by atoms with Crippen LogP contribution in [0.1, 0.15) is 5.56 Å². The Kier molecular flexibility index (Phi) is 4.62. The number of hydrogen-bond donors (Lipinski definition) is 0. The van der Waals surface area contributed by atoms with Gasteiger partial charge in [0.25, 0.3) is 0 Å². The van der Waals surface area contributed by atoms with Crippen molar-refractivity contribution in [2.45, 2.75) is 6.92 Å². The number of nitrogens with zero attached hydrogens (tertiary/aromatic N) is 1. The fourth-order valence-electron chi connectivity index (χ4n) is 1.84. The van der Waals surface area contributed by atoms with Gasteiger partial charge in [0, 0.05) is 0 Å². The molecule has 0 aromatic heterocycles. The largest absolute Gasteiger partial charge is 0.291 e. The van der Waals surface area contributed by atoms with Crippen LogP contribution in [-0.4, -0.2) is 25.0 Å². The van der Waals surface area contributed by atoms with Crippen LogP contribution in [0, 0.1) is 6.92 Å². The highest BCUT2D eigenvalue weighted by atomic mass is 32.3. The van der Waals surface area contributed by atoms with E-state index < -0.39 is 20.4 Å². The Hall–Kier alpha value is -0.800. The fourth-order valence-corrected chi connectivity index (χ4v) is 7.77. The highest BCUT2D eigenvalue weighted by Gasteiger charge is 2.28. The van der Waals surface area contributed by atoms with E-state index in [0.717, 1.165) is 0 Å². The van der Waals surface area contributed by atoms with Crippen LogP contribution in [0.3, 0.4) is 0 Å². The summed E-state index contributed by atoms with van der Waals surface area (Å²) < 4.78 is 2.51. The zero-order chi connectivity index (χ0) is 14.0. The standard InChI is InChI=1S/C15H25NS2/c1-8-17(4,5)16(18(6,7)9-2)15-12-10-14(3)11-13-15/h8-13H,1-2H2,3-7H3. The molecule has 0 fully saturated rings. The van der Waals surface area contributed by atoms with Gasteiger partial charge in [0.2, 0.25) is 0 Å². The first-order chi connectivity index (χ1) is 8.24. The van der Waals surface area contributed by atoms with E-state index in [1.165, 1.54) is 11.3 Å². The van der Waals surface area contributed by atoms with E-state index >= 15 is 0 Å². The van der Waals surface area contributed by atoms with Crippen LogP contribution in [0.25, 0.3) is 0 Å². The molecule has 0 bridgehead atoms. The maximum absolute atomic E-state index is 4.02. The average molecular weight is 284 g/mol. The van der Waals surface area contributed by atoms with Crippen molar-refractivity contribution < 1.29 is 0 Å². The second-order valence-corrected chi connectivity index (χ2v) is 12.2. The van der Waals surface area contributed by atoms with Gasteiger partial charge in [-0.25, -0.2) is 0 Å². The Labute approximate surface area is 115 Å².